The normalized spacial score (nSPS) is 22.3. The lowest BCUT2D eigenvalue weighted by atomic mass is 10.0. The maximum Gasteiger partial charge on any atom is 0.315 e. The summed E-state index contributed by atoms with van der Waals surface area (Å²) < 4.78 is 0. The van der Waals surface area contributed by atoms with Gasteiger partial charge in [-0.2, -0.15) is 11.8 Å². The molecular weight excluding hydrogens is 402 g/mol. The molecule has 5 N–H and O–H groups in total. The van der Waals surface area contributed by atoms with Crippen molar-refractivity contribution < 1.29 is 14.4 Å². The van der Waals surface area contributed by atoms with Crippen LogP contribution >= 0.6 is 11.8 Å². The second-order valence-electron chi connectivity index (χ2n) is 8.13. The molecule has 172 valence electrons. The highest BCUT2D eigenvalue weighted by molar-refractivity contribution is 8.00. The molecule has 0 aliphatic carbocycles. The number of fused-ring (bicyclic) bond motifs is 1. The topological polar surface area (TPSA) is 111 Å². The van der Waals surface area contributed by atoms with Crippen molar-refractivity contribution in [3.05, 3.63) is 0 Å². The summed E-state index contributed by atoms with van der Waals surface area (Å²) in [6.07, 6.45) is 7.86. The average Bonchev–Trinajstić information content (AvgIpc) is 3.27. The van der Waals surface area contributed by atoms with Gasteiger partial charge in [-0.05, 0) is 38.6 Å². The second kappa shape index (κ2) is 14.5. The van der Waals surface area contributed by atoms with Gasteiger partial charge in [-0.25, -0.2) is 4.79 Å². The van der Waals surface area contributed by atoms with E-state index < -0.39 is 0 Å². The summed E-state index contributed by atoms with van der Waals surface area (Å²) in [4.78, 5) is 35.0. The molecule has 2 heterocycles. The predicted octanol–water partition coefficient (Wildman–Crippen LogP) is 1.50. The minimum atomic E-state index is -0.0463. The van der Waals surface area contributed by atoms with Crippen LogP contribution in [0.2, 0.25) is 0 Å². The zero-order chi connectivity index (χ0) is 21.6. The molecule has 0 spiro atoms. The molecule has 0 radical (unpaired) electrons. The van der Waals surface area contributed by atoms with Crippen LogP contribution in [0, 0.1) is 0 Å². The van der Waals surface area contributed by atoms with Gasteiger partial charge in [0.25, 0.3) is 0 Å². The Morgan fingerprint density at radius 1 is 0.933 bits per heavy atom. The van der Waals surface area contributed by atoms with E-state index >= 15 is 0 Å². The number of hydrogen-bond acceptors (Lipinski definition) is 5. The van der Waals surface area contributed by atoms with Crippen LogP contribution in [-0.4, -0.2) is 67.1 Å². The molecule has 2 aliphatic heterocycles. The van der Waals surface area contributed by atoms with E-state index in [9.17, 15) is 14.4 Å². The van der Waals surface area contributed by atoms with Gasteiger partial charge >= 0.3 is 6.03 Å². The minimum absolute atomic E-state index is 0.0463. The molecule has 30 heavy (non-hydrogen) atoms. The number of carbonyl (C=O) groups is 3. The molecule has 2 fully saturated rings. The summed E-state index contributed by atoms with van der Waals surface area (Å²) in [6.45, 7) is 5.29. The van der Waals surface area contributed by atoms with Gasteiger partial charge in [0, 0.05) is 43.5 Å². The Balaban J connectivity index is 1.36. The van der Waals surface area contributed by atoms with Crippen molar-refractivity contribution in [3.8, 4) is 0 Å². The predicted molar refractivity (Wildman–Crippen MR) is 122 cm³/mol. The van der Waals surface area contributed by atoms with Crippen LogP contribution in [0.3, 0.4) is 0 Å². The molecule has 8 nitrogen and oxygen atoms in total. The standard InChI is InChI=1S/C21H39N5O3S/c1-2-11-22-13-14-24-19(28)9-4-3-7-12-23-18(27)10-6-5-8-17-20-16(15-30-17)25-21(29)26-20/h16-17,20,22H,2-15H2,1H3,(H,23,27)(H,24,28)(H2,25,26,29)/t16-,17?,20-/m0/s1. The van der Waals surface area contributed by atoms with E-state index in [4.69, 9.17) is 0 Å². The number of unbranched alkanes of at least 4 members (excludes halogenated alkanes) is 3. The van der Waals surface area contributed by atoms with Crippen molar-refractivity contribution in [2.45, 2.75) is 82.0 Å². The Morgan fingerprint density at radius 2 is 1.67 bits per heavy atom. The van der Waals surface area contributed by atoms with Crippen molar-refractivity contribution in [2.75, 3.05) is 31.9 Å². The van der Waals surface area contributed by atoms with E-state index in [1.165, 1.54) is 0 Å². The molecule has 2 saturated heterocycles. The van der Waals surface area contributed by atoms with E-state index in [0.29, 0.717) is 31.2 Å². The summed E-state index contributed by atoms with van der Waals surface area (Å²) >= 11 is 1.92. The molecule has 2 aliphatic rings. The van der Waals surface area contributed by atoms with Gasteiger partial charge in [0.15, 0.2) is 0 Å². The molecule has 0 aromatic carbocycles. The van der Waals surface area contributed by atoms with Gasteiger partial charge in [0.05, 0.1) is 12.1 Å². The first-order chi connectivity index (χ1) is 14.6. The van der Waals surface area contributed by atoms with Gasteiger partial charge in [-0.15, -0.1) is 0 Å². The SMILES string of the molecule is CCCNCCNC(=O)CCCCCNC(=O)CCCCC1SC[C@@H]2NC(=O)N[C@H]12. The fourth-order valence-corrected chi connectivity index (χ4v) is 5.40. The molecule has 2 rings (SSSR count). The van der Waals surface area contributed by atoms with Gasteiger partial charge in [0.1, 0.15) is 0 Å². The molecule has 0 bridgehead atoms. The summed E-state index contributed by atoms with van der Waals surface area (Å²) in [5.41, 5.74) is 0. The van der Waals surface area contributed by atoms with E-state index in [-0.39, 0.29) is 29.9 Å². The van der Waals surface area contributed by atoms with Gasteiger partial charge < -0.3 is 26.6 Å². The number of amides is 4. The lowest BCUT2D eigenvalue weighted by molar-refractivity contribution is -0.122. The Labute approximate surface area is 184 Å². The van der Waals surface area contributed by atoms with Gasteiger partial charge in [0.2, 0.25) is 11.8 Å². The number of hydrogen-bond donors (Lipinski definition) is 5. The number of thioether (sulfide) groups is 1. The third-order valence-electron chi connectivity index (χ3n) is 5.53. The van der Waals surface area contributed by atoms with Crippen molar-refractivity contribution in [1.29, 1.82) is 0 Å². The molecule has 4 amide bonds. The Bertz CT molecular complexity index is 549. The lowest BCUT2D eigenvalue weighted by Gasteiger charge is -2.16. The monoisotopic (exact) mass is 441 g/mol. The second-order valence-corrected chi connectivity index (χ2v) is 9.40. The quantitative estimate of drug-likeness (QED) is 0.184. The summed E-state index contributed by atoms with van der Waals surface area (Å²) in [5, 5.41) is 15.6. The van der Waals surface area contributed by atoms with Gasteiger partial charge in [-0.1, -0.05) is 19.8 Å². The maximum atomic E-state index is 11.9. The van der Waals surface area contributed by atoms with E-state index in [0.717, 1.165) is 63.8 Å². The first-order valence-electron chi connectivity index (χ1n) is 11.5. The van der Waals surface area contributed by atoms with Crippen LogP contribution in [0.25, 0.3) is 0 Å². The van der Waals surface area contributed by atoms with Crippen LogP contribution in [0.1, 0.15) is 64.7 Å². The number of nitrogens with one attached hydrogen (secondary N) is 5. The molecule has 0 saturated carbocycles. The fraction of sp³-hybridized carbons (Fsp3) is 0.857. The molecule has 0 aromatic rings. The average molecular weight is 442 g/mol. The van der Waals surface area contributed by atoms with Crippen molar-refractivity contribution in [1.82, 2.24) is 26.6 Å². The highest BCUT2D eigenvalue weighted by Gasteiger charge is 2.42. The third-order valence-corrected chi connectivity index (χ3v) is 7.04. The van der Waals surface area contributed by atoms with Crippen molar-refractivity contribution in [2.24, 2.45) is 0 Å². The largest absolute Gasteiger partial charge is 0.356 e. The summed E-state index contributed by atoms with van der Waals surface area (Å²) in [6, 6.07) is 0.468. The number of rotatable bonds is 16. The minimum Gasteiger partial charge on any atom is -0.356 e. The van der Waals surface area contributed by atoms with Gasteiger partial charge in [-0.3, -0.25) is 9.59 Å². The molecule has 0 aromatic heterocycles. The third kappa shape index (κ3) is 9.55. The van der Waals surface area contributed by atoms with Crippen LogP contribution < -0.4 is 26.6 Å². The van der Waals surface area contributed by atoms with Crippen molar-refractivity contribution in [3.63, 3.8) is 0 Å². The summed E-state index contributed by atoms with van der Waals surface area (Å²) in [5.74, 6) is 1.20. The molecular formula is C21H39N5O3S. The molecule has 9 heteroatoms. The van der Waals surface area contributed by atoms with E-state index in [1.807, 2.05) is 11.8 Å². The van der Waals surface area contributed by atoms with Crippen LogP contribution in [0.5, 0.6) is 0 Å². The first-order valence-corrected chi connectivity index (χ1v) is 12.6. The Morgan fingerprint density at radius 3 is 2.43 bits per heavy atom. The smallest absolute Gasteiger partial charge is 0.315 e. The maximum absolute atomic E-state index is 11.9. The zero-order valence-corrected chi connectivity index (χ0v) is 19.1. The molecule has 3 atom stereocenters. The zero-order valence-electron chi connectivity index (χ0n) is 18.3. The Kier molecular flexibility index (Phi) is 12.0. The fourth-order valence-electron chi connectivity index (χ4n) is 3.86. The highest BCUT2D eigenvalue weighted by atomic mass is 32.2. The first kappa shape index (κ1) is 24.8. The van der Waals surface area contributed by atoms with Crippen LogP contribution in [-0.2, 0) is 9.59 Å². The highest BCUT2D eigenvalue weighted by Crippen LogP contribution is 2.33. The van der Waals surface area contributed by atoms with Crippen LogP contribution in [0.4, 0.5) is 4.79 Å². The summed E-state index contributed by atoms with van der Waals surface area (Å²) in [7, 11) is 0. The Hall–Kier alpha value is -1.48. The van der Waals surface area contributed by atoms with E-state index in [2.05, 4.69) is 33.5 Å². The van der Waals surface area contributed by atoms with Crippen molar-refractivity contribution >= 4 is 29.6 Å². The van der Waals surface area contributed by atoms with E-state index in [1.54, 1.807) is 0 Å². The number of carbonyl (C=O) groups excluding carboxylic acids is 3. The van der Waals surface area contributed by atoms with Crippen LogP contribution in [0.15, 0.2) is 0 Å². The molecule has 1 unspecified atom stereocenters. The number of urea groups is 1. The lowest BCUT2D eigenvalue weighted by Crippen LogP contribution is -2.36.